The quantitative estimate of drug-likeness (QED) is 0.867. The standard InChI is InChI=1S/C12H21N3O2/c1-9(2)11-13-10(17-14-11)7-15-6-4-5-12(3,16)8-15/h9,16H,4-8H2,1-3H3. The van der Waals surface area contributed by atoms with E-state index < -0.39 is 5.60 Å². The minimum atomic E-state index is -0.584. The van der Waals surface area contributed by atoms with Crippen LogP contribution in [0.2, 0.25) is 0 Å². The molecular formula is C12H21N3O2. The van der Waals surface area contributed by atoms with Crippen molar-refractivity contribution in [2.24, 2.45) is 0 Å². The van der Waals surface area contributed by atoms with Crippen molar-refractivity contribution in [1.29, 1.82) is 0 Å². The van der Waals surface area contributed by atoms with E-state index in [4.69, 9.17) is 4.52 Å². The molecule has 1 atom stereocenters. The molecule has 1 saturated heterocycles. The molecule has 0 amide bonds. The summed E-state index contributed by atoms with van der Waals surface area (Å²) in [6.07, 6.45) is 1.88. The number of hydrogen-bond acceptors (Lipinski definition) is 5. The van der Waals surface area contributed by atoms with Crippen molar-refractivity contribution < 1.29 is 9.63 Å². The van der Waals surface area contributed by atoms with Crippen LogP contribution in [0.15, 0.2) is 4.52 Å². The molecule has 5 heteroatoms. The summed E-state index contributed by atoms with van der Waals surface area (Å²) in [5, 5.41) is 14.0. The van der Waals surface area contributed by atoms with Gasteiger partial charge in [-0.25, -0.2) is 0 Å². The Labute approximate surface area is 102 Å². The van der Waals surface area contributed by atoms with Crippen molar-refractivity contribution in [3.63, 3.8) is 0 Å². The number of β-amino-alcohol motifs (C(OH)–C–C–N with tert-alkyl or cyclic N) is 1. The fourth-order valence-corrected chi connectivity index (χ4v) is 2.22. The molecular weight excluding hydrogens is 218 g/mol. The van der Waals surface area contributed by atoms with Gasteiger partial charge in [-0.2, -0.15) is 4.98 Å². The van der Waals surface area contributed by atoms with Crippen LogP contribution in [-0.4, -0.2) is 38.8 Å². The largest absolute Gasteiger partial charge is 0.389 e. The highest BCUT2D eigenvalue weighted by molar-refractivity contribution is 4.93. The Balaban J connectivity index is 1.95. The topological polar surface area (TPSA) is 62.4 Å². The molecule has 1 aromatic heterocycles. The average Bonchev–Trinajstić information content (AvgIpc) is 2.64. The van der Waals surface area contributed by atoms with Crippen LogP contribution >= 0.6 is 0 Å². The monoisotopic (exact) mass is 239 g/mol. The molecule has 5 nitrogen and oxygen atoms in total. The number of aliphatic hydroxyl groups is 1. The number of rotatable bonds is 3. The number of likely N-dealkylation sites (tertiary alicyclic amines) is 1. The minimum absolute atomic E-state index is 0.289. The zero-order chi connectivity index (χ0) is 12.5. The second-order valence-electron chi connectivity index (χ2n) is 5.51. The molecule has 1 aliphatic heterocycles. The number of nitrogens with zero attached hydrogens (tertiary/aromatic N) is 3. The maximum atomic E-state index is 10.0. The lowest BCUT2D eigenvalue weighted by atomic mass is 9.95. The molecule has 0 aromatic carbocycles. The fourth-order valence-electron chi connectivity index (χ4n) is 2.22. The van der Waals surface area contributed by atoms with Gasteiger partial charge < -0.3 is 9.63 Å². The van der Waals surface area contributed by atoms with Gasteiger partial charge in [-0.3, -0.25) is 4.90 Å². The van der Waals surface area contributed by atoms with Gasteiger partial charge in [-0.05, 0) is 26.3 Å². The molecule has 2 heterocycles. The van der Waals surface area contributed by atoms with Crippen molar-refractivity contribution >= 4 is 0 Å². The Hall–Kier alpha value is -0.940. The molecule has 1 N–H and O–H groups in total. The third-order valence-corrected chi connectivity index (χ3v) is 3.11. The Kier molecular flexibility index (Phi) is 3.49. The highest BCUT2D eigenvalue weighted by Gasteiger charge is 2.29. The van der Waals surface area contributed by atoms with Crippen LogP contribution in [-0.2, 0) is 6.54 Å². The van der Waals surface area contributed by atoms with Gasteiger partial charge in [0.15, 0.2) is 5.82 Å². The first-order valence-electron chi connectivity index (χ1n) is 6.23. The molecule has 1 fully saturated rings. The summed E-state index contributed by atoms with van der Waals surface area (Å²) in [5.74, 6) is 1.69. The van der Waals surface area contributed by atoms with E-state index >= 15 is 0 Å². The van der Waals surface area contributed by atoms with Crippen molar-refractivity contribution in [1.82, 2.24) is 15.0 Å². The van der Waals surface area contributed by atoms with Gasteiger partial charge in [0, 0.05) is 12.5 Å². The Morgan fingerprint density at radius 2 is 2.29 bits per heavy atom. The van der Waals surface area contributed by atoms with Gasteiger partial charge in [0.25, 0.3) is 0 Å². The second-order valence-corrected chi connectivity index (χ2v) is 5.51. The maximum absolute atomic E-state index is 10.0. The summed E-state index contributed by atoms with van der Waals surface area (Å²) < 4.78 is 5.21. The molecule has 2 rings (SSSR count). The predicted octanol–water partition coefficient (Wildman–Crippen LogP) is 1.54. The van der Waals surface area contributed by atoms with E-state index in [1.54, 1.807) is 0 Å². The minimum Gasteiger partial charge on any atom is -0.389 e. The first-order valence-corrected chi connectivity index (χ1v) is 6.23. The predicted molar refractivity (Wildman–Crippen MR) is 63.5 cm³/mol. The molecule has 1 aliphatic rings. The van der Waals surface area contributed by atoms with E-state index in [0.29, 0.717) is 19.0 Å². The van der Waals surface area contributed by atoms with Crippen LogP contribution in [0.3, 0.4) is 0 Å². The van der Waals surface area contributed by atoms with Crippen LogP contribution in [0.4, 0.5) is 0 Å². The van der Waals surface area contributed by atoms with Gasteiger partial charge >= 0.3 is 0 Å². The van der Waals surface area contributed by atoms with Gasteiger partial charge in [0.2, 0.25) is 5.89 Å². The summed E-state index contributed by atoms with van der Waals surface area (Å²) >= 11 is 0. The van der Waals surface area contributed by atoms with E-state index in [1.807, 2.05) is 20.8 Å². The van der Waals surface area contributed by atoms with Crippen LogP contribution in [0.1, 0.15) is 51.2 Å². The van der Waals surface area contributed by atoms with Crippen LogP contribution in [0.5, 0.6) is 0 Å². The number of piperidine rings is 1. The summed E-state index contributed by atoms with van der Waals surface area (Å²) in [7, 11) is 0. The average molecular weight is 239 g/mol. The number of aromatic nitrogens is 2. The first kappa shape index (κ1) is 12.5. The summed E-state index contributed by atoms with van der Waals surface area (Å²) in [6.45, 7) is 8.25. The van der Waals surface area contributed by atoms with Crippen molar-refractivity contribution in [3.05, 3.63) is 11.7 Å². The SMILES string of the molecule is CC(C)c1noc(CN2CCCC(C)(O)C2)n1. The fraction of sp³-hybridized carbons (Fsp3) is 0.833. The normalized spacial score (nSPS) is 26.6. The Bertz CT molecular complexity index is 374. The smallest absolute Gasteiger partial charge is 0.240 e. The molecule has 0 bridgehead atoms. The molecule has 0 saturated carbocycles. The van der Waals surface area contributed by atoms with Gasteiger partial charge in [0.1, 0.15) is 0 Å². The van der Waals surface area contributed by atoms with E-state index in [0.717, 1.165) is 25.2 Å². The van der Waals surface area contributed by atoms with Crippen LogP contribution in [0, 0.1) is 0 Å². The van der Waals surface area contributed by atoms with E-state index in [-0.39, 0.29) is 5.92 Å². The van der Waals surface area contributed by atoms with Gasteiger partial charge in [0.05, 0.1) is 12.1 Å². The lowest BCUT2D eigenvalue weighted by molar-refractivity contribution is -0.0207. The van der Waals surface area contributed by atoms with Crippen molar-refractivity contribution in [2.75, 3.05) is 13.1 Å². The molecule has 1 aromatic rings. The zero-order valence-corrected chi connectivity index (χ0v) is 10.8. The van der Waals surface area contributed by atoms with Gasteiger partial charge in [-0.1, -0.05) is 19.0 Å². The number of hydrogen-bond donors (Lipinski definition) is 1. The van der Waals surface area contributed by atoms with Gasteiger partial charge in [-0.15, -0.1) is 0 Å². The third-order valence-electron chi connectivity index (χ3n) is 3.11. The maximum Gasteiger partial charge on any atom is 0.240 e. The Morgan fingerprint density at radius 3 is 2.88 bits per heavy atom. The highest BCUT2D eigenvalue weighted by atomic mass is 16.5. The molecule has 0 radical (unpaired) electrons. The molecule has 1 unspecified atom stereocenters. The lowest BCUT2D eigenvalue weighted by Gasteiger charge is -2.35. The van der Waals surface area contributed by atoms with E-state index in [1.165, 1.54) is 0 Å². The third kappa shape index (κ3) is 3.26. The summed E-state index contributed by atoms with van der Waals surface area (Å²) in [6, 6.07) is 0. The summed E-state index contributed by atoms with van der Waals surface area (Å²) in [5.41, 5.74) is -0.584. The lowest BCUT2D eigenvalue weighted by Crippen LogP contribution is -2.45. The first-order chi connectivity index (χ1) is 7.96. The van der Waals surface area contributed by atoms with E-state index in [9.17, 15) is 5.11 Å². The van der Waals surface area contributed by atoms with E-state index in [2.05, 4.69) is 15.0 Å². The second kappa shape index (κ2) is 4.74. The van der Waals surface area contributed by atoms with Crippen LogP contribution < -0.4 is 0 Å². The zero-order valence-electron chi connectivity index (χ0n) is 10.8. The highest BCUT2D eigenvalue weighted by Crippen LogP contribution is 2.21. The molecule has 0 spiro atoms. The van der Waals surface area contributed by atoms with Crippen molar-refractivity contribution in [3.8, 4) is 0 Å². The molecule has 17 heavy (non-hydrogen) atoms. The Morgan fingerprint density at radius 1 is 1.53 bits per heavy atom. The van der Waals surface area contributed by atoms with Crippen LogP contribution in [0.25, 0.3) is 0 Å². The summed E-state index contributed by atoms with van der Waals surface area (Å²) in [4.78, 5) is 6.52. The molecule has 0 aliphatic carbocycles. The van der Waals surface area contributed by atoms with Crippen molar-refractivity contribution in [2.45, 2.75) is 51.7 Å². The molecule has 96 valence electrons.